The van der Waals surface area contributed by atoms with Crippen LogP contribution in [0.3, 0.4) is 0 Å². The normalized spacial score (nSPS) is 11.3. The van der Waals surface area contributed by atoms with Gasteiger partial charge in [-0.3, -0.25) is 5.32 Å². The zero-order valence-electron chi connectivity index (χ0n) is 13.5. The molecule has 0 amide bonds. The van der Waals surface area contributed by atoms with Crippen LogP contribution in [0.2, 0.25) is 0 Å². The molecule has 24 heavy (non-hydrogen) atoms. The van der Waals surface area contributed by atoms with Crippen molar-refractivity contribution in [2.24, 2.45) is 0 Å². The average Bonchev–Trinajstić information content (AvgIpc) is 3.11. The number of aryl methyl sites for hydroxylation is 2. The van der Waals surface area contributed by atoms with Gasteiger partial charge in [-0.25, -0.2) is 4.98 Å². The number of methoxy groups -OCH3 is 1. The topological polar surface area (TPSA) is 86.2 Å². The van der Waals surface area contributed by atoms with Crippen molar-refractivity contribution in [2.75, 3.05) is 18.2 Å². The van der Waals surface area contributed by atoms with Crippen LogP contribution in [-0.4, -0.2) is 17.1 Å². The first-order chi connectivity index (χ1) is 11.5. The lowest BCUT2D eigenvalue weighted by Crippen LogP contribution is -1.91. The molecule has 4 rings (SSSR count). The molecule has 0 aliphatic carbocycles. The molecular weight excluding hydrogens is 324 g/mol. The third kappa shape index (κ3) is 2.43. The maximum atomic E-state index is 6.03. The second kappa shape index (κ2) is 5.38. The Balaban J connectivity index is 1.74. The Hall–Kier alpha value is -2.80. The molecule has 2 aromatic carbocycles. The van der Waals surface area contributed by atoms with Crippen LogP contribution >= 0.6 is 11.3 Å². The van der Waals surface area contributed by atoms with Gasteiger partial charge >= 0.3 is 6.01 Å². The molecule has 0 aliphatic heterocycles. The molecule has 3 N–H and O–H groups in total. The number of hydrogen-bond acceptors (Lipinski definition) is 7. The quantitative estimate of drug-likeness (QED) is 0.538. The Morgan fingerprint density at radius 2 is 2.00 bits per heavy atom. The molecule has 0 spiro atoms. The van der Waals surface area contributed by atoms with Gasteiger partial charge < -0.3 is 14.9 Å². The average molecular weight is 340 g/mol. The number of nitrogens with zero attached hydrogens (tertiary/aromatic N) is 2. The van der Waals surface area contributed by atoms with Gasteiger partial charge in [0, 0.05) is 6.07 Å². The van der Waals surface area contributed by atoms with Gasteiger partial charge in [-0.05, 0) is 37.1 Å². The maximum absolute atomic E-state index is 6.03. The van der Waals surface area contributed by atoms with Crippen molar-refractivity contribution in [1.82, 2.24) is 9.97 Å². The Morgan fingerprint density at radius 3 is 2.79 bits per heavy atom. The molecule has 0 atom stereocenters. The SMILES string of the molecule is COc1cc(N)c2nc(Nc3nc4cc(C)cc(C)c4o3)sc2c1. The van der Waals surface area contributed by atoms with E-state index in [-0.39, 0.29) is 0 Å². The summed E-state index contributed by atoms with van der Waals surface area (Å²) in [5, 5.41) is 3.80. The van der Waals surface area contributed by atoms with Gasteiger partial charge in [0.1, 0.15) is 16.8 Å². The van der Waals surface area contributed by atoms with Crippen molar-refractivity contribution in [3.8, 4) is 5.75 Å². The summed E-state index contributed by atoms with van der Waals surface area (Å²) in [5.74, 6) is 0.711. The summed E-state index contributed by atoms with van der Waals surface area (Å²) in [7, 11) is 1.61. The van der Waals surface area contributed by atoms with Crippen LogP contribution in [0.15, 0.2) is 28.7 Å². The predicted molar refractivity (Wildman–Crippen MR) is 97.4 cm³/mol. The van der Waals surface area contributed by atoms with E-state index >= 15 is 0 Å². The summed E-state index contributed by atoms with van der Waals surface area (Å²) in [5.41, 5.74) is 11.2. The van der Waals surface area contributed by atoms with Crippen LogP contribution in [0.1, 0.15) is 11.1 Å². The molecule has 0 bridgehead atoms. The monoisotopic (exact) mass is 340 g/mol. The van der Waals surface area contributed by atoms with Crippen molar-refractivity contribution in [2.45, 2.75) is 13.8 Å². The lowest BCUT2D eigenvalue weighted by molar-refractivity contribution is 0.415. The second-order valence-corrected chi connectivity index (χ2v) is 6.69. The zero-order valence-corrected chi connectivity index (χ0v) is 14.3. The summed E-state index contributed by atoms with van der Waals surface area (Å²) >= 11 is 1.47. The molecule has 6 nitrogen and oxygen atoms in total. The van der Waals surface area contributed by atoms with Gasteiger partial charge in [0.25, 0.3) is 0 Å². The molecular formula is C17H16N4O2S. The van der Waals surface area contributed by atoms with Crippen LogP contribution in [0.4, 0.5) is 16.8 Å². The van der Waals surface area contributed by atoms with Gasteiger partial charge in [-0.2, -0.15) is 4.98 Å². The first kappa shape index (κ1) is 14.8. The minimum absolute atomic E-state index is 0.420. The molecule has 4 aromatic rings. The number of fused-ring (bicyclic) bond motifs is 2. The predicted octanol–water partition coefficient (Wildman–Crippen LogP) is 4.39. The summed E-state index contributed by atoms with van der Waals surface area (Å²) in [4.78, 5) is 9.01. The number of hydrogen-bond donors (Lipinski definition) is 2. The van der Waals surface area contributed by atoms with Crippen molar-refractivity contribution in [3.05, 3.63) is 35.4 Å². The molecule has 0 aliphatic rings. The van der Waals surface area contributed by atoms with E-state index in [2.05, 4.69) is 21.4 Å². The van der Waals surface area contributed by atoms with E-state index in [4.69, 9.17) is 14.9 Å². The Labute approximate surface area is 142 Å². The molecule has 0 radical (unpaired) electrons. The van der Waals surface area contributed by atoms with Crippen molar-refractivity contribution >= 4 is 49.5 Å². The van der Waals surface area contributed by atoms with Crippen LogP contribution in [0.25, 0.3) is 21.3 Å². The lowest BCUT2D eigenvalue weighted by Gasteiger charge is -2.00. The van der Waals surface area contributed by atoms with Crippen molar-refractivity contribution in [3.63, 3.8) is 0 Å². The highest BCUT2D eigenvalue weighted by Crippen LogP contribution is 2.35. The molecule has 0 saturated heterocycles. The molecule has 0 saturated carbocycles. The van der Waals surface area contributed by atoms with Crippen molar-refractivity contribution in [1.29, 1.82) is 0 Å². The molecule has 0 fully saturated rings. The number of anilines is 3. The van der Waals surface area contributed by atoms with Crippen molar-refractivity contribution < 1.29 is 9.15 Å². The summed E-state index contributed by atoms with van der Waals surface area (Å²) in [6.45, 7) is 4.05. The van der Waals surface area contributed by atoms with E-state index in [9.17, 15) is 0 Å². The second-order valence-electron chi connectivity index (χ2n) is 5.66. The number of rotatable bonds is 3. The largest absolute Gasteiger partial charge is 0.497 e. The number of nitrogens with one attached hydrogen (secondary N) is 1. The first-order valence-electron chi connectivity index (χ1n) is 7.42. The Morgan fingerprint density at radius 1 is 1.17 bits per heavy atom. The fraction of sp³-hybridized carbons (Fsp3) is 0.176. The van der Waals surface area contributed by atoms with Gasteiger partial charge in [0.05, 0.1) is 17.5 Å². The molecule has 0 unspecified atom stereocenters. The van der Waals surface area contributed by atoms with Gasteiger partial charge in [0.15, 0.2) is 10.7 Å². The van der Waals surface area contributed by atoms with E-state index < -0.39 is 0 Å². The number of ether oxygens (including phenoxy) is 1. The fourth-order valence-electron chi connectivity index (χ4n) is 2.72. The third-order valence-electron chi connectivity index (χ3n) is 3.77. The third-order valence-corrected chi connectivity index (χ3v) is 4.69. The van der Waals surface area contributed by atoms with E-state index in [0.29, 0.717) is 22.6 Å². The van der Waals surface area contributed by atoms with Gasteiger partial charge in [0.2, 0.25) is 0 Å². The van der Waals surface area contributed by atoms with Gasteiger partial charge in [-0.1, -0.05) is 17.4 Å². The maximum Gasteiger partial charge on any atom is 0.302 e. The van der Waals surface area contributed by atoms with Crippen LogP contribution in [-0.2, 0) is 0 Å². The lowest BCUT2D eigenvalue weighted by atomic mass is 10.1. The molecule has 2 heterocycles. The van der Waals surface area contributed by atoms with E-state index in [0.717, 1.165) is 32.4 Å². The number of thiazole rings is 1. The number of nitrogens with two attached hydrogens (primary N) is 1. The molecule has 2 aromatic heterocycles. The summed E-state index contributed by atoms with van der Waals surface area (Å²) < 4.78 is 12.0. The fourth-order valence-corrected chi connectivity index (χ4v) is 3.64. The van der Waals surface area contributed by atoms with Crippen LogP contribution < -0.4 is 15.8 Å². The van der Waals surface area contributed by atoms with Crippen LogP contribution in [0, 0.1) is 13.8 Å². The minimum atomic E-state index is 0.420. The highest BCUT2D eigenvalue weighted by atomic mass is 32.1. The standard InChI is InChI=1S/C17H16N4O2S/c1-8-4-9(2)15-12(5-8)19-16(23-15)21-17-20-14-11(18)6-10(22-3)7-13(14)24-17/h4-7H,18H2,1-3H3,(H,19,20,21). The Bertz CT molecular complexity index is 1070. The first-order valence-corrected chi connectivity index (χ1v) is 8.24. The highest BCUT2D eigenvalue weighted by Gasteiger charge is 2.13. The summed E-state index contributed by atoms with van der Waals surface area (Å²) in [6, 6.07) is 8.16. The number of nitrogen functional groups attached to an aromatic ring is 1. The van der Waals surface area contributed by atoms with Crippen LogP contribution in [0.5, 0.6) is 5.75 Å². The smallest absolute Gasteiger partial charge is 0.302 e. The summed E-state index contributed by atoms with van der Waals surface area (Å²) in [6.07, 6.45) is 0. The highest BCUT2D eigenvalue weighted by molar-refractivity contribution is 7.22. The minimum Gasteiger partial charge on any atom is -0.497 e. The Kier molecular flexibility index (Phi) is 3.31. The number of oxazole rings is 1. The molecule has 122 valence electrons. The van der Waals surface area contributed by atoms with E-state index in [1.165, 1.54) is 11.3 Å². The van der Waals surface area contributed by atoms with E-state index in [1.54, 1.807) is 13.2 Å². The number of benzene rings is 2. The number of aromatic nitrogens is 2. The zero-order chi connectivity index (χ0) is 16.8. The van der Waals surface area contributed by atoms with E-state index in [1.807, 2.05) is 26.0 Å². The molecule has 7 heteroatoms. The van der Waals surface area contributed by atoms with Gasteiger partial charge in [-0.15, -0.1) is 0 Å².